The Balaban J connectivity index is 2.24. The molecule has 0 spiro atoms. The van der Waals surface area contributed by atoms with E-state index in [1.54, 1.807) is 0 Å². The van der Waals surface area contributed by atoms with Gasteiger partial charge in [-0.15, -0.1) is 0 Å². The Labute approximate surface area is 126 Å². The third-order valence-corrected chi connectivity index (χ3v) is 6.21. The van der Waals surface area contributed by atoms with Crippen molar-refractivity contribution in [3.8, 4) is 0 Å². The summed E-state index contributed by atoms with van der Waals surface area (Å²) in [4.78, 5) is 0.0851. The first-order valence-corrected chi connectivity index (χ1v) is 8.73. The number of nitrogen functional groups attached to an aromatic ring is 1. The lowest BCUT2D eigenvalue weighted by molar-refractivity contribution is 0.226. The molecule has 0 bridgehead atoms. The van der Waals surface area contributed by atoms with Crippen LogP contribution in [0.25, 0.3) is 0 Å². The summed E-state index contributed by atoms with van der Waals surface area (Å²) in [5, 5.41) is 0. The van der Waals surface area contributed by atoms with E-state index in [2.05, 4.69) is 13.8 Å². The molecule has 6 heteroatoms. The smallest absolute Gasteiger partial charge is 0.243 e. The van der Waals surface area contributed by atoms with Gasteiger partial charge in [0, 0.05) is 13.1 Å². The second kappa shape index (κ2) is 5.93. The summed E-state index contributed by atoms with van der Waals surface area (Å²) in [5.74, 6) is 0.586. The topological polar surface area (TPSA) is 63.4 Å². The van der Waals surface area contributed by atoms with Crippen molar-refractivity contribution in [1.29, 1.82) is 0 Å². The number of anilines is 1. The van der Waals surface area contributed by atoms with Gasteiger partial charge >= 0.3 is 0 Å². The molecule has 1 aliphatic rings. The van der Waals surface area contributed by atoms with Crippen molar-refractivity contribution in [3.63, 3.8) is 0 Å². The van der Waals surface area contributed by atoms with Crippen LogP contribution in [-0.2, 0) is 10.0 Å². The lowest BCUT2D eigenvalue weighted by Crippen LogP contribution is -2.39. The van der Waals surface area contributed by atoms with E-state index in [1.165, 1.54) is 23.4 Å². The van der Waals surface area contributed by atoms with Gasteiger partial charge in [0.25, 0.3) is 0 Å². The van der Waals surface area contributed by atoms with Gasteiger partial charge in [0.05, 0.1) is 10.6 Å². The van der Waals surface area contributed by atoms with Gasteiger partial charge in [0.2, 0.25) is 10.0 Å². The number of rotatable bonds is 3. The van der Waals surface area contributed by atoms with Gasteiger partial charge in [-0.3, -0.25) is 0 Å². The zero-order chi connectivity index (χ0) is 15.8. The Hall–Kier alpha value is -1.14. The predicted molar refractivity (Wildman–Crippen MR) is 81.9 cm³/mol. The first-order chi connectivity index (χ1) is 9.73. The number of halogens is 1. The van der Waals surface area contributed by atoms with Crippen LogP contribution in [0.4, 0.5) is 10.1 Å². The molecule has 1 aromatic rings. The second-order valence-electron chi connectivity index (χ2n) is 6.13. The predicted octanol–water partition coefficient (Wildman–Crippen LogP) is 2.77. The minimum absolute atomic E-state index is 0.0851. The molecule has 1 heterocycles. The van der Waals surface area contributed by atoms with Crippen molar-refractivity contribution in [2.45, 2.75) is 38.5 Å². The molecule has 0 aliphatic carbocycles. The summed E-state index contributed by atoms with van der Waals surface area (Å²) < 4.78 is 40.3. The zero-order valence-corrected chi connectivity index (χ0v) is 13.6. The Morgan fingerprint density at radius 1 is 1.29 bits per heavy atom. The maximum atomic E-state index is 13.5. The first kappa shape index (κ1) is 16.2. The number of nitrogens with two attached hydrogens (primary N) is 1. The summed E-state index contributed by atoms with van der Waals surface area (Å²) in [6.07, 6.45) is 1.74. The van der Waals surface area contributed by atoms with Crippen LogP contribution in [0.5, 0.6) is 0 Å². The molecule has 0 unspecified atom stereocenters. The molecular formula is C15H23FN2O2S. The quantitative estimate of drug-likeness (QED) is 0.873. The van der Waals surface area contributed by atoms with E-state index in [9.17, 15) is 12.8 Å². The van der Waals surface area contributed by atoms with E-state index in [-0.39, 0.29) is 16.1 Å². The maximum absolute atomic E-state index is 13.5. The lowest BCUT2D eigenvalue weighted by Gasteiger charge is -2.33. The minimum atomic E-state index is -3.59. The molecule has 2 rings (SSSR count). The molecule has 0 saturated carbocycles. The average molecular weight is 314 g/mol. The van der Waals surface area contributed by atoms with E-state index < -0.39 is 15.8 Å². The van der Waals surface area contributed by atoms with Crippen molar-refractivity contribution in [2.75, 3.05) is 18.8 Å². The highest BCUT2D eigenvalue weighted by Crippen LogP contribution is 2.29. The summed E-state index contributed by atoms with van der Waals surface area (Å²) in [7, 11) is -3.59. The lowest BCUT2D eigenvalue weighted by atomic mass is 9.87. The van der Waals surface area contributed by atoms with Gasteiger partial charge in [0.1, 0.15) is 5.82 Å². The van der Waals surface area contributed by atoms with Crippen molar-refractivity contribution in [1.82, 2.24) is 4.31 Å². The Kier molecular flexibility index (Phi) is 4.58. The fraction of sp³-hybridized carbons (Fsp3) is 0.600. The van der Waals surface area contributed by atoms with Crippen LogP contribution < -0.4 is 5.73 Å². The van der Waals surface area contributed by atoms with Crippen molar-refractivity contribution >= 4 is 15.7 Å². The molecule has 0 radical (unpaired) electrons. The van der Waals surface area contributed by atoms with Gasteiger partial charge in [-0.25, -0.2) is 12.8 Å². The van der Waals surface area contributed by atoms with Crippen molar-refractivity contribution in [2.24, 2.45) is 11.8 Å². The minimum Gasteiger partial charge on any atom is -0.396 e. The molecule has 21 heavy (non-hydrogen) atoms. The molecule has 1 saturated heterocycles. The van der Waals surface area contributed by atoms with Crippen LogP contribution in [0.15, 0.2) is 17.0 Å². The van der Waals surface area contributed by atoms with Gasteiger partial charge in [0.15, 0.2) is 0 Å². The van der Waals surface area contributed by atoms with Crippen LogP contribution in [0.2, 0.25) is 0 Å². The Morgan fingerprint density at radius 3 is 2.33 bits per heavy atom. The average Bonchev–Trinajstić information content (AvgIpc) is 2.44. The summed E-state index contributed by atoms with van der Waals surface area (Å²) in [5.41, 5.74) is 5.69. The number of benzene rings is 1. The second-order valence-corrected chi connectivity index (χ2v) is 8.07. The first-order valence-electron chi connectivity index (χ1n) is 7.29. The molecular weight excluding hydrogens is 291 g/mol. The SMILES string of the molecule is Cc1cc(S(=O)(=O)N2CCC(C(C)C)CC2)cc(N)c1F. The Bertz CT molecular complexity index is 598. The number of piperidine rings is 1. The van der Waals surface area contributed by atoms with E-state index in [0.717, 1.165) is 12.8 Å². The molecule has 1 aliphatic heterocycles. The number of nitrogens with zero attached hydrogens (tertiary/aromatic N) is 1. The molecule has 4 nitrogen and oxygen atoms in total. The molecule has 1 aromatic carbocycles. The molecule has 0 aromatic heterocycles. The largest absolute Gasteiger partial charge is 0.396 e. The highest BCUT2D eigenvalue weighted by Gasteiger charge is 2.31. The molecule has 0 atom stereocenters. The van der Waals surface area contributed by atoms with E-state index in [1.807, 2.05) is 0 Å². The van der Waals surface area contributed by atoms with Gasteiger partial charge in [-0.2, -0.15) is 4.31 Å². The van der Waals surface area contributed by atoms with Gasteiger partial charge in [-0.05, 0) is 49.3 Å². The van der Waals surface area contributed by atoms with Gasteiger partial charge < -0.3 is 5.73 Å². The molecule has 1 fully saturated rings. The Morgan fingerprint density at radius 2 is 1.86 bits per heavy atom. The van der Waals surface area contributed by atoms with E-state index >= 15 is 0 Å². The number of hydrogen-bond donors (Lipinski definition) is 1. The summed E-state index contributed by atoms with van der Waals surface area (Å²) in [6, 6.07) is 2.57. The van der Waals surface area contributed by atoms with Crippen LogP contribution >= 0.6 is 0 Å². The van der Waals surface area contributed by atoms with Crippen LogP contribution in [0.1, 0.15) is 32.3 Å². The monoisotopic (exact) mass is 314 g/mol. The third kappa shape index (κ3) is 3.21. The standard InChI is InChI=1S/C15H23FN2O2S/c1-10(2)12-4-6-18(7-5-12)21(19,20)13-8-11(3)15(16)14(17)9-13/h8-10,12H,4-7,17H2,1-3H3. The number of sulfonamides is 1. The molecule has 2 N–H and O–H groups in total. The van der Waals surface area contributed by atoms with Crippen molar-refractivity contribution < 1.29 is 12.8 Å². The third-order valence-electron chi connectivity index (χ3n) is 4.34. The molecule has 0 amide bonds. The maximum Gasteiger partial charge on any atom is 0.243 e. The van der Waals surface area contributed by atoms with E-state index in [0.29, 0.717) is 24.9 Å². The van der Waals surface area contributed by atoms with Gasteiger partial charge in [-0.1, -0.05) is 13.8 Å². The summed E-state index contributed by atoms with van der Waals surface area (Å²) in [6.45, 7) is 6.89. The van der Waals surface area contributed by atoms with Crippen molar-refractivity contribution in [3.05, 3.63) is 23.5 Å². The fourth-order valence-corrected chi connectivity index (χ4v) is 4.43. The molecule has 118 valence electrons. The highest BCUT2D eigenvalue weighted by atomic mass is 32.2. The van der Waals surface area contributed by atoms with E-state index in [4.69, 9.17) is 5.73 Å². The van der Waals surface area contributed by atoms with Crippen LogP contribution in [-0.4, -0.2) is 25.8 Å². The summed E-state index contributed by atoms with van der Waals surface area (Å²) >= 11 is 0. The zero-order valence-electron chi connectivity index (χ0n) is 12.8. The van der Waals surface area contributed by atoms with Crippen LogP contribution in [0.3, 0.4) is 0 Å². The van der Waals surface area contributed by atoms with Crippen LogP contribution in [0, 0.1) is 24.6 Å². The number of hydrogen-bond acceptors (Lipinski definition) is 3. The normalized spacial score (nSPS) is 18.3. The highest BCUT2D eigenvalue weighted by molar-refractivity contribution is 7.89. The fourth-order valence-electron chi connectivity index (χ4n) is 2.84. The number of aryl methyl sites for hydroxylation is 1.